The van der Waals surface area contributed by atoms with Crippen LogP contribution in [0.5, 0.6) is 0 Å². The van der Waals surface area contributed by atoms with E-state index in [1.165, 1.54) is 12.1 Å². The smallest absolute Gasteiger partial charge is 0.388 e. The number of alkyl halides is 3. The van der Waals surface area contributed by atoms with Gasteiger partial charge in [-0.25, -0.2) is 0 Å². The minimum absolute atomic E-state index is 0.0165. The van der Waals surface area contributed by atoms with Gasteiger partial charge in [-0.2, -0.15) is 13.2 Å². The van der Waals surface area contributed by atoms with Crippen LogP contribution in [-0.2, 0) is 6.18 Å². The summed E-state index contributed by atoms with van der Waals surface area (Å²) in [6.07, 6.45) is -4.78. The van der Waals surface area contributed by atoms with Crippen molar-refractivity contribution in [2.75, 3.05) is 0 Å². The van der Waals surface area contributed by atoms with E-state index in [0.29, 0.717) is 12.0 Å². The van der Waals surface area contributed by atoms with E-state index in [4.69, 9.17) is 0 Å². The first-order chi connectivity index (χ1) is 8.51. The average molecular weight is 274 g/mol. The molecule has 2 atom stereocenters. The van der Waals surface area contributed by atoms with Crippen molar-refractivity contribution in [3.63, 3.8) is 0 Å². The van der Waals surface area contributed by atoms with Crippen molar-refractivity contribution in [3.8, 4) is 0 Å². The third-order valence-corrected chi connectivity index (χ3v) is 3.65. The first kappa shape index (κ1) is 16.0. The third-order valence-electron chi connectivity index (χ3n) is 3.65. The maximum Gasteiger partial charge on any atom is 0.416 e. The molecule has 0 saturated heterocycles. The summed E-state index contributed by atoms with van der Waals surface area (Å²) in [5, 5.41) is 10.1. The summed E-state index contributed by atoms with van der Waals surface area (Å²) in [4.78, 5) is 0. The monoisotopic (exact) mass is 274 g/mol. The highest BCUT2D eigenvalue weighted by molar-refractivity contribution is 5.27. The molecule has 1 N–H and O–H groups in total. The highest BCUT2D eigenvalue weighted by Gasteiger charge is 2.31. The second-order valence-corrected chi connectivity index (χ2v) is 6.14. The Bertz CT molecular complexity index is 418. The standard InChI is InChI=1S/C15H21F3O/c1-10(14(2,3)4)8-13(19)11-6-5-7-12(9-11)15(16,17)18/h5-7,9-10,13,19H,8H2,1-4H3. The second kappa shape index (κ2) is 5.53. The van der Waals surface area contributed by atoms with Crippen LogP contribution >= 0.6 is 0 Å². The molecule has 0 fully saturated rings. The number of aliphatic hydroxyl groups excluding tert-OH is 1. The van der Waals surface area contributed by atoms with E-state index in [0.717, 1.165) is 12.1 Å². The maximum absolute atomic E-state index is 12.6. The van der Waals surface area contributed by atoms with Gasteiger partial charge in [-0.3, -0.25) is 0 Å². The van der Waals surface area contributed by atoms with Gasteiger partial charge in [-0.05, 0) is 35.4 Å². The van der Waals surface area contributed by atoms with Crippen LogP contribution in [0.1, 0.15) is 51.3 Å². The van der Waals surface area contributed by atoms with Crippen LogP contribution in [0.2, 0.25) is 0 Å². The van der Waals surface area contributed by atoms with Crippen molar-refractivity contribution in [2.45, 2.75) is 46.4 Å². The molecule has 0 aliphatic rings. The van der Waals surface area contributed by atoms with E-state index < -0.39 is 17.8 Å². The fourth-order valence-electron chi connectivity index (χ4n) is 1.75. The highest BCUT2D eigenvalue weighted by Crippen LogP contribution is 2.35. The average Bonchev–Trinajstić information content (AvgIpc) is 2.26. The predicted octanol–water partition coefficient (Wildman–Crippen LogP) is 4.81. The summed E-state index contributed by atoms with van der Waals surface area (Å²) >= 11 is 0. The van der Waals surface area contributed by atoms with Gasteiger partial charge >= 0.3 is 6.18 Å². The molecule has 0 bridgehead atoms. The minimum atomic E-state index is -4.37. The number of hydrogen-bond donors (Lipinski definition) is 1. The number of aliphatic hydroxyl groups is 1. The Morgan fingerprint density at radius 1 is 1.16 bits per heavy atom. The molecule has 0 spiro atoms. The Hall–Kier alpha value is -1.03. The largest absolute Gasteiger partial charge is 0.416 e. The summed E-state index contributed by atoms with van der Waals surface area (Å²) in [7, 11) is 0. The van der Waals surface area contributed by atoms with Crippen molar-refractivity contribution < 1.29 is 18.3 Å². The lowest BCUT2D eigenvalue weighted by Gasteiger charge is -2.29. The molecule has 0 aliphatic heterocycles. The number of halogens is 3. The first-order valence-electron chi connectivity index (χ1n) is 6.37. The van der Waals surface area contributed by atoms with E-state index in [-0.39, 0.29) is 11.3 Å². The van der Waals surface area contributed by atoms with Gasteiger partial charge in [0.25, 0.3) is 0 Å². The quantitative estimate of drug-likeness (QED) is 0.838. The van der Waals surface area contributed by atoms with E-state index in [1.54, 1.807) is 0 Å². The Kier molecular flexibility index (Phi) is 4.67. The van der Waals surface area contributed by atoms with Crippen molar-refractivity contribution in [2.24, 2.45) is 11.3 Å². The summed E-state index contributed by atoms with van der Waals surface area (Å²) in [5.41, 5.74) is -0.374. The molecule has 0 heterocycles. The Labute approximate surface area is 112 Å². The molecule has 108 valence electrons. The summed E-state index contributed by atoms with van der Waals surface area (Å²) in [6, 6.07) is 4.92. The van der Waals surface area contributed by atoms with Crippen molar-refractivity contribution in [1.29, 1.82) is 0 Å². The number of rotatable bonds is 3. The zero-order valence-corrected chi connectivity index (χ0v) is 11.8. The molecule has 0 aliphatic carbocycles. The molecule has 0 aromatic heterocycles. The van der Waals surface area contributed by atoms with Gasteiger partial charge in [-0.1, -0.05) is 39.8 Å². The van der Waals surface area contributed by atoms with Crippen molar-refractivity contribution in [1.82, 2.24) is 0 Å². The maximum atomic E-state index is 12.6. The lowest BCUT2D eigenvalue weighted by molar-refractivity contribution is -0.137. The molecule has 0 saturated carbocycles. The number of hydrogen-bond acceptors (Lipinski definition) is 1. The lowest BCUT2D eigenvalue weighted by atomic mass is 9.78. The SMILES string of the molecule is CC(CC(O)c1cccc(C(F)(F)F)c1)C(C)(C)C. The van der Waals surface area contributed by atoms with Gasteiger partial charge in [0.05, 0.1) is 11.7 Å². The minimum Gasteiger partial charge on any atom is -0.388 e. The molecule has 2 unspecified atom stereocenters. The van der Waals surface area contributed by atoms with Crippen LogP contribution in [0.15, 0.2) is 24.3 Å². The van der Waals surface area contributed by atoms with Crippen LogP contribution in [0.4, 0.5) is 13.2 Å². The van der Waals surface area contributed by atoms with Gasteiger partial charge in [0.15, 0.2) is 0 Å². The lowest BCUT2D eigenvalue weighted by Crippen LogP contribution is -2.20. The third kappa shape index (κ3) is 4.53. The van der Waals surface area contributed by atoms with Crippen LogP contribution in [-0.4, -0.2) is 5.11 Å². The topological polar surface area (TPSA) is 20.2 Å². The fraction of sp³-hybridized carbons (Fsp3) is 0.600. The van der Waals surface area contributed by atoms with Gasteiger partial charge in [-0.15, -0.1) is 0 Å². The molecule has 1 aromatic rings. The fourth-order valence-corrected chi connectivity index (χ4v) is 1.75. The summed E-state index contributed by atoms with van der Waals surface area (Å²) in [5.74, 6) is 0.206. The Morgan fingerprint density at radius 3 is 2.21 bits per heavy atom. The molecular weight excluding hydrogens is 253 g/mol. The second-order valence-electron chi connectivity index (χ2n) is 6.14. The normalized spacial score (nSPS) is 16.2. The first-order valence-corrected chi connectivity index (χ1v) is 6.37. The molecule has 19 heavy (non-hydrogen) atoms. The summed E-state index contributed by atoms with van der Waals surface area (Å²) in [6.45, 7) is 8.15. The van der Waals surface area contributed by atoms with Gasteiger partial charge in [0.1, 0.15) is 0 Å². The molecule has 0 radical (unpaired) electrons. The van der Waals surface area contributed by atoms with E-state index >= 15 is 0 Å². The highest BCUT2D eigenvalue weighted by atomic mass is 19.4. The van der Waals surface area contributed by atoms with Crippen molar-refractivity contribution in [3.05, 3.63) is 35.4 Å². The van der Waals surface area contributed by atoms with E-state index in [9.17, 15) is 18.3 Å². The number of benzene rings is 1. The summed E-state index contributed by atoms with van der Waals surface area (Å²) < 4.78 is 37.8. The van der Waals surface area contributed by atoms with Gasteiger partial charge in [0.2, 0.25) is 0 Å². The van der Waals surface area contributed by atoms with Gasteiger partial charge in [0, 0.05) is 0 Å². The molecule has 0 amide bonds. The predicted molar refractivity (Wildman–Crippen MR) is 69.6 cm³/mol. The zero-order valence-electron chi connectivity index (χ0n) is 11.8. The zero-order chi connectivity index (χ0) is 14.8. The Morgan fingerprint density at radius 2 is 1.74 bits per heavy atom. The molecule has 1 rings (SSSR count). The molecule has 4 heteroatoms. The van der Waals surface area contributed by atoms with Crippen LogP contribution < -0.4 is 0 Å². The molecule has 1 aromatic carbocycles. The van der Waals surface area contributed by atoms with Gasteiger partial charge < -0.3 is 5.11 Å². The van der Waals surface area contributed by atoms with E-state index in [2.05, 4.69) is 20.8 Å². The molecular formula is C15H21F3O. The van der Waals surface area contributed by atoms with Crippen LogP contribution in [0, 0.1) is 11.3 Å². The molecule has 1 nitrogen and oxygen atoms in total. The van der Waals surface area contributed by atoms with E-state index in [1.807, 2.05) is 6.92 Å². The van der Waals surface area contributed by atoms with Crippen LogP contribution in [0.3, 0.4) is 0 Å². The van der Waals surface area contributed by atoms with Crippen molar-refractivity contribution >= 4 is 0 Å². The van der Waals surface area contributed by atoms with Crippen LogP contribution in [0.25, 0.3) is 0 Å². The Balaban J connectivity index is 2.86.